The number of halogens is 3. The molecule has 1 N–H and O–H groups in total. The van der Waals surface area contributed by atoms with Gasteiger partial charge in [0.2, 0.25) is 10.0 Å². The second-order valence-electron chi connectivity index (χ2n) is 5.80. The Morgan fingerprint density at radius 1 is 1.12 bits per heavy atom. The molecule has 2 aromatic rings. The molecular weight excluding hydrogens is 357 g/mol. The molecule has 1 aliphatic heterocycles. The molecule has 0 spiro atoms. The van der Waals surface area contributed by atoms with Crippen molar-refractivity contribution in [1.29, 1.82) is 0 Å². The highest BCUT2D eigenvalue weighted by Gasteiger charge is 2.29. The number of hydrogen-bond acceptors (Lipinski definition) is 4. The average molecular weight is 374 g/mol. The van der Waals surface area contributed by atoms with Crippen molar-refractivity contribution in [3.8, 4) is 0 Å². The summed E-state index contributed by atoms with van der Waals surface area (Å²) < 4.78 is 72.4. The third kappa shape index (κ3) is 3.73. The maximum Gasteiger partial charge on any atom is 0.243 e. The van der Waals surface area contributed by atoms with E-state index >= 15 is 0 Å². The van der Waals surface area contributed by atoms with Gasteiger partial charge in [-0.05, 0) is 50.2 Å². The molecular formula is C16H17F3N2O3S. The van der Waals surface area contributed by atoms with Gasteiger partial charge in [-0.15, -0.1) is 0 Å². The highest BCUT2D eigenvalue weighted by molar-refractivity contribution is 7.89. The monoisotopic (exact) mass is 374 g/mol. The van der Waals surface area contributed by atoms with E-state index in [9.17, 15) is 21.6 Å². The van der Waals surface area contributed by atoms with Crippen LogP contribution in [-0.2, 0) is 10.0 Å². The second kappa shape index (κ2) is 7.19. The van der Waals surface area contributed by atoms with Gasteiger partial charge in [0.1, 0.15) is 10.7 Å². The quantitative estimate of drug-likeness (QED) is 0.790. The summed E-state index contributed by atoms with van der Waals surface area (Å²) in [5.74, 6) is -4.41. The number of hydrogen-bond donors (Lipinski definition) is 1. The lowest BCUT2D eigenvalue weighted by Crippen LogP contribution is -2.37. The fraction of sp³-hybridized carbons (Fsp3) is 0.375. The molecule has 2 heterocycles. The van der Waals surface area contributed by atoms with Gasteiger partial charge in [0.15, 0.2) is 17.5 Å². The van der Waals surface area contributed by atoms with Crippen LogP contribution in [0.15, 0.2) is 39.8 Å². The molecule has 1 saturated heterocycles. The minimum atomic E-state index is -4.35. The summed E-state index contributed by atoms with van der Waals surface area (Å²) in [5.41, 5.74) is 0. The van der Waals surface area contributed by atoms with Crippen LogP contribution < -0.4 is 4.72 Å². The zero-order valence-electron chi connectivity index (χ0n) is 13.2. The highest BCUT2D eigenvalue weighted by atomic mass is 32.2. The summed E-state index contributed by atoms with van der Waals surface area (Å²) in [6.07, 6.45) is 3.46. The first kappa shape index (κ1) is 18.0. The van der Waals surface area contributed by atoms with Gasteiger partial charge in [0.05, 0.1) is 12.3 Å². The lowest BCUT2D eigenvalue weighted by atomic mass is 10.2. The van der Waals surface area contributed by atoms with Crippen LogP contribution in [0.4, 0.5) is 13.2 Å². The molecule has 0 saturated carbocycles. The van der Waals surface area contributed by atoms with Crippen molar-refractivity contribution in [2.24, 2.45) is 0 Å². The third-order valence-corrected chi connectivity index (χ3v) is 5.65. The minimum Gasteiger partial charge on any atom is -0.468 e. The molecule has 1 aromatic heterocycles. The Kier molecular flexibility index (Phi) is 5.16. The third-order valence-electron chi connectivity index (χ3n) is 4.21. The fourth-order valence-corrected chi connectivity index (χ4v) is 4.03. The molecule has 1 aromatic carbocycles. The van der Waals surface area contributed by atoms with Gasteiger partial charge in [-0.2, -0.15) is 0 Å². The molecule has 9 heteroatoms. The minimum absolute atomic E-state index is 0.0751. The normalized spacial score (nSPS) is 17.1. The van der Waals surface area contributed by atoms with Gasteiger partial charge in [-0.25, -0.2) is 26.3 Å². The molecule has 0 aliphatic carbocycles. The molecule has 1 fully saturated rings. The summed E-state index contributed by atoms with van der Waals surface area (Å²) in [5, 5.41) is 0. The predicted octanol–water partition coefficient (Wildman–Crippen LogP) is 2.81. The molecule has 0 amide bonds. The molecule has 1 atom stereocenters. The van der Waals surface area contributed by atoms with Gasteiger partial charge in [0, 0.05) is 6.54 Å². The first-order chi connectivity index (χ1) is 11.9. The highest BCUT2D eigenvalue weighted by Crippen LogP contribution is 2.26. The summed E-state index contributed by atoms with van der Waals surface area (Å²) in [4.78, 5) is 1.13. The Labute approximate surface area is 143 Å². The number of nitrogens with zero attached hydrogens (tertiary/aromatic N) is 1. The largest absolute Gasteiger partial charge is 0.468 e. The molecule has 1 unspecified atom stereocenters. The number of furan rings is 1. The van der Waals surface area contributed by atoms with Crippen molar-refractivity contribution >= 4 is 10.0 Å². The number of nitrogens with one attached hydrogen (secondary N) is 1. The Morgan fingerprint density at radius 2 is 1.84 bits per heavy atom. The molecule has 5 nitrogen and oxygen atoms in total. The standard InChI is InChI=1S/C16H17F3N2O3S/c17-11-5-6-14(16(19)15(11)18)25(22,23)20-10-12(13-4-3-9-24-13)21-7-1-2-8-21/h3-6,9,12,20H,1-2,7-8,10H2. The molecule has 0 radical (unpaired) electrons. The summed E-state index contributed by atoms with van der Waals surface area (Å²) >= 11 is 0. The van der Waals surface area contributed by atoms with Crippen LogP contribution in [0.2, 0.25) is 0 Å². The van der Waals surface area contributed by atoms with Gasteiger partial charge in [-0.3, -0.25) is 4.90 Å². The van der Waals surface area contributed by atoms with E-state index in [0.717, 1.165) is 25.9 Å². The fourth-order valence-electron chi connectivity index (χ4n) is 2.93. The lowest BCUT2D eigenvalue weighted by molar-refractivity contribution is 0.216. The van der Waals surface area contributed by atoms with Crippen LogP contribution in [0.25, 0.3) is 0 Å². The van der Waals surface area contributed by atoms with E-state index < -0.39 is 32.4 Å². The summed E-state index contributed by atoms with van der Waals surface area (Å²) in [6, 6.07) is 4.35. The number of sulfonamides is 1. The van der Waals surface area contributed by atoms with Crippen molar-refractivity contribution in [2.75, 3.05) is 19.6 Å². The maximum absolute atomic E-state index is 13.8. The SMILES string of the molecule is O=S(=O)(NCC(c1ccco1)N1CCCC1)c1ccc(F)c(F)c1F. The second-order valence-corrected chi connectivity index (χ2v) is 7.54. The van der Waals surface area contributed by atoms with Crippen LogP contribution >= 0.6 is 0 Å². The number of benzene rings is 1. The Hall–Kier alpha value is -1.84. The average Bonchev–Trinajstić information content (AvgIpc) is 3.26. The van der Waals surface area contributed by atoms with E-state index in [1.807, 2.05) is 0 Å². The van der Waals surface area contributed by atoms with Crippen LogP contribution in [0.1, 0.15) is 24.6 Å². The van der Waals surface area contributed by atoms with Gasteiger partial charge in [-0.1, -0.05) is 0 Å². The zero-order valence-corrected chi connectivity index (χ0v) is 14.0. The van der Waals surface area contributed by atoms with Crippen LogP contribution in [0, 0.1) is 17.5 Å². The molecule has 1 aliphatic rings. The van der Waals surface area contributed by atoms with E-state index in [0.29, 0.717) is 17.9 Å². The first-order valence-corrected chi connectivity index (χ1v) is 9.29. The predicted molar refractivity (Wildman–Crippen MR) is 83.8 cm³/mol. The summed E-state index contributed by atoms with van der Waals surface area (Å²) in [6.45, 7) is 1.49. The van der Waals surface area contributed by atoms with E-state index in [1.54, 1.807) is 12.1 Å². The number of rotatable bonds is 6. The molecule has 3 rings (SSSR count). The topological polar surface area (TPSA) is 62.6 Å². The zero-order chi connectivity index (χ0) is 18.0. The van der Waals surface area contributed by atoms with Crippen LogP contribution in [0.5, 0.6) is 0 Å². The Morgan fingerprint density at radius 3 is 2.48 bits per heavy atom. The van der Waals surface area contributed by atoms with Crippen LogP contribution in [-0.4, -0.2) is 33.0 Å². The lowest BCUT2D eigenvalue weighted by Gasteiger charge is -2.26. The first-order valence-electron chi connectivity index (χ1n) is 7.81. The summed E-state index contributed by atoms with van der Waals surface area (Å²) in [7, 11) is -4.35. The number of likely N-dealkylation sites (tertiary alicyclic amines) is 1. The van der Waals surface area contributed by atoms with E-state index in [-0.39, 0.29) is 12.6 Å². The van der Waals surface area contributed by atoms with Crippen molar-refractivity contribution in [1.82, 2.24) is 9.62 Å². The van der Waals surface area contributed by atoms with E-state index in [2.05, 4.69) is 9.62 Å². The van der Waals surface area contributed by atoms with E-state index in [1.165, 1.54) is 6.26 Å². The van der Waals surface area contributed by atoms with Crippen molar-refractivity contribution < 1.29 is 26.0 Å². The molecule has 25 heavy (non-hydrogen) atoms. The molecule has 0 bridgehead atoms. The van der Waals surface area contributed by atoms with Gasteiger partial charge >= 0.3 is 0 Å². The Bertz CT molecular complexity index is 835. The van der Waals surface area contributed by atoms with Gasteiger partial charge < -0.3 is 4.42 Å². The van der Waals surface area contributed by atoms with Crippen LogP contribution in [0.3, 0.4) is 0 Å². The maximum atomic E-state index is 13.8. The van der Waals surface area contributed by atoms with Gasteiger partial charge in [0.25, 0.3) is 0 Å². The Balaban J connectivity index is 1.81. The van der Waals surface area contributed by atoms with Crippen molar-refractivity contribution in [3.63, 3.8) is 0 Å². The van der Waals surface area contributed by atoms with Crippen molar-refractivity contribution in [2.45, 2.75) is 23.8 Å². The smallest absolute Gasteiger partial charge is 0.243 e. The molecule has 136 valence electrons. The van der Waals surface area contributed by atoms with E-state index in [4.69, 9.17) is 4.42 Å². The van der Waals surface area contributed by atoms with Crippen molar-refractivity contribution in [3.05, 3.63) is 53.7 Å².